The summed E-state index contributed by atoms with van der Waals surface area (Å²) in [6.45, 7) is 8.29. The van der Waals surface area contributed by atoms with Gasteiger partial charge in [0.2, 0.25) is 0 Å². The number of nitrogens with zero attached hydrogens (tertiary/aromatic N) is 1. The van der Waals surface area contributed by atoms with Gasteiger partial charge in [-0.15, -0.1) is 0 Å². The van der Waals surface area contributed by atoms with Crippen molar-refractivity contribution in [2.75, 3.05) is 18.0 Å². The predicted octanol–water partition coefficient (Wildman–Crippen LogP) is 3.72. The molecule has 19 heavy (non-hydrogen) atoms. The Morgan fingerprint density at radius 2 is 1.95 bits per heavy atom. The van der Waals surface area contributed by atoms with E-state index >= 15 is 0 Å². The number of rotatable bonds is 7. The fourth-order valence-corrected chi connectivity index (χ4v) is 2.40. The van der Waals surface area contributed by atoms with Crippen LogP contribution in [-0.2, 0) is 0 Å². The zero-order valence-electron chi connectivity index (χ0n) is 11.9. The first-order valence-electron chi connectivity index (χ1n) is 6.87. The number of thiocarbonyl (C=S) groups is 1. The van der Waals surface area contributed by atoms with E-state index in [9.17, 15) is 4.39 Å². The monoisotopic (exact) mass is 282 g/mol. The highest BCUT2D eigenvalue weighted by atomic mass is 32.1. The molecule has 106 valence electrons. The molecule has 4 heteroatoms. The van der Waals surface area contributed by atoms with Crippen LogP contribution in [0.5, 0.6) is 0 Å². The largest absolute Gasteiger partial charge is 0.389 e. The average Bonchev–Trinajstić information content (AvgIpc) is 2.40. The molecule has 0 fully saturated rings. The summed E-state index contributed by atoms with van der Waals surface area (Å²) in [4.78, 5) is 2.48. The van der Waals surface area contributed by atoms with Gasteiger partial charge in [0.25, 0.3) is 0 Å². The second-order valence-electron chi connectivity index (χ2n) is 4.75. The van der Waals surface area contributed by atoms with Crippen LogP contribution in [-0.4, -0.2) is 18.1 Å². The molecule has 0 saturated heterocycles. The molecule has 1 aromatic rings. The second kappa shape index (κ2) is 7.43. The van der Waals surface area contributed by atoms with Crippen molar-refractivity contribution in [2.24, 2.45) is 11.7 Å². The van der Waals surface area contributed by atoms with Gasteiger partial charge in [0.15, 0.2) is 0 Å². The van der Waals surface area contributed by atoms with Crippen molar-refractivity contribution in [3.05, 3.63) is 29.6 Å². The molecule has 0 saturated carbocycles. The summed E-state index contributed by atoms with van der Waals surface area (Å²) in [5.74, 6) is 0.328. The molecule has 0 bridgehead atoms. The smallest absolute Gasteiger partial charge is 0.124 e. The molecular weight excluding hydrogens is 259 g/mol. The van der Waals surface area contributed by atoms with Crippen LogP contribution in [0.2, 0.25) is 0 Å². The van der Waals surface area contributed by atoms with Crippen molar-refractivity contribution in [3.63, 3.8) is 0 Å². The third-order valence-electron chi connectivity index (χ3n) is 3.58. The molecule has 1 rings (SSSR count). The summed E-state index contributed by atoms with van der Waals surface area (Å²) in [5.41, 5.74) is 7.27. The first-order valence-corrected chi connectivity index (χ1v) is 7.28. The number of halogens is 1. The SMILES string of the molecule is CCC(CC)CN(CC)c1ccc(F)cc1C(N)=S. The van der Waals surface area contributed by atoms with E-state index in [0.717, 1.165) is 31.6 Å². The molecule has 0 aromatic heterocycles. The van der Waals surface area contributed by atoms with Gasteiger partial charge in [-0.25, -0.2) is 4.39 Å². The minimum atomic E-state index is -0.301. The van der Waals surface area contributed by atoms with E-state index in [-0.39, 0.29) is 10.8 Å². The minimum absolute atomic E-state index is 0.248. The van der Waals surface area contributed by atoms with Crippen LogP contribution in [0.1, 0.15) is 39.2 Å². The van der Waals surface area contributed by atoms with E-state index in [1.54, 1.807) is 6.07 Å². The first-order chi connectivity index (χ1) is 9.03. The molecule has 2 N–H and O–H groups in total. The molecule has 0 aliphatic rings. The Morgan fingerprint density at radius 3 is 2.42 bits per heavy atom. The van der Waals surface area contributed by atoms with Crippen LogP contribution in [0, 0.1) is 11.7 Å². The maximum Gasteiger partial charge on any atom is 0.124 e. The highest BCUT2D eigenvalue weighted by Gasteiger charge is 2.15. The quantitative estimate of drug-likeness (QED) is 0.773. The highest BCUT2D eigenvalue weighted by molar-refractivity contribution is 7.80. The Hall–Kier alpha value is -1.16. The second-order valence-corrected chi connectivity index (χ2v) is 5.19. The van der Waals surface area contributed by atoms with Crippen LogP contribution < -0.4 is 10.6 Å². The van der Waals surface area contributed by atoms with E-state index in [1.807, 2.05) is 0 Å². The first kappa shape index (κ1) is 15.9. The van der Waals surface area contributed by atoms with E-state index < -0.39 is 0 Å². The van der Waals surface area contributed by atoms with Crippen molar-refractivity contribution >= 4 is 22.9 Å². The lowest BCUT2D eigenvalue weighted by atomic mass is 10.0. The minimum Gasteiger partial charge on any atom is -0.389 e. The maximum absolute atomic E-state index is 13.3. The standard InChI is InChI=1S/C15H23FN2S/c1-4-11(5-2)10-18(6-3)14-8-7-12(16)9-13(14)15(17)19/h7-9,11H,4-6,10H2,1-3H3,(H2,17,19). The van der Waals surface area contributed by atoms with Gasteiger partial charge in [-0.1, -0.05) is 38.9 Å². The summed E-state index contributed by atoms with van der Waals surface area (Å²) >= 11 is 5.03. The maximum atomic E-state index is 13.3. The van der Waals surface area contributed by atoms with Crippen LogP contribution in [0.25, 0.3) is 0 Å². The fraction of sp³-hybridized carbons (Fsp3) is 0.533. The van der Waals surface area contributed by atoms with Gasteiger partial charge in [-0.05, 0) is 31.0 Å². The summed E-state index contributed by atoms with van der Waals surface area (Å²) in [5, 5.41) is 0. The number of nitrogens with two attached hydrogens (primary N) is 1. The van der Waals surface area contributed by atoms with Gasteiger partial charge in [-0.2, -0.15) is 0 Å². The molecule has 0 aliphatic carbocycles. The molecule has 0 heterocycles. The lowest BCUT2D eigenvalue weighted by Gasteiger charge is -2.29. The molecule has 1 aromatic carbocycles. The highest BCUT2D eigenvalue weighted by Crippen LogP contribution is 2.24. The van der Waals surface area contributed by atoms with Crippen LogP contribution in [0.15, 0.2) is 18.2 Å². The number of anilines is 1. The molecule has 0 radical (unpaired) electrons. The van der Waals surface area contributed by atoms with E-state index in [4.69, 9.17) is 18.0 Å². The predicted molar refractivity (Wildman–Crippen MR) is 84.2 cm³/mol. The van der Waals surface area contributed by atoms with E-state index in [2.05, 4.69) is 25.7 Å². The third kappa shape index (κ3) is 4.16. The summed E-state index contributed by atoms with van der Waals surface area (Å²) in [6, 6.07) is 4.66. The van der Waals surface area contributed by atoms with Crippen LogP contribution in [0.3, 0.4) is 0 Å². The number of benzene rings is 1. The molecule has 0 amide bonds. The third-order valence-corrected chi connectivity index (χ3v) is 3.80. The van der Waals surface area contributed by atoms with Crippen molar-refractivity contribution in [1.29, 1.82) is 0 Å². The molecule has 2 nitrogen and oxygen atoms in total. The Kier molecular flexibility index (Phi) is 6.22. The molecular formula is C15H23FN2S. The normalized spacial score (nSPS) is 10.8. The summed E-state index contributed by atoms with van der Waals surface area (Å²) in [6.07, 6.45) is 2.27. The van der Waals surface area contributed by atoms with E-state index in [1.165, 1.54) is 12.1 Å². The van der Waals surface area contributed by atoms with Crippen molar-refractivity contribution in [1.82, 2.24) is 0 Å². The lowest BCUT2D eigenvalue weighted by molar-refractivity contribution is 0.486. The summed E-state index contributed by atoms with van der Waals surface area (Å²) in [7, 11) is 0. The zero-order chi connectivity index (χ0) is 14.4. The fourth-order valence-electron chi connectivity index (χ4n) is 2.24. The lowest BCUT2D eigenvalue weighted by Crippen LogP contribution is -2.31. The van der Waals surface area contributed by atoms with Gasteiger partial charge in [-0.3, -0.25) is 0 Å². The zero-order valence-corrected chi connectivity index (χ0v) is 12.8. The Morgan fingerprint density at radius 1 is 1.32 bits per heavy atom. The van der Waals surface area contributed by atoms with E-state index in [0.29, 0.717) is 11.5 Å². The molecule has 0 aliphatic heterocycles. The number of hydrogen-bond acceptors (Lipinski definition) is 2. The molecule has 0 spiro atoms. The van der Waals surface area contributed by atoms with Crippen molar-refractivity contribution in [2.45, 2.75) is 33.6 Å². The van der Waals surface area contributed by atoms with Gasteiger partial charge in [0, 0.05) is 24.3 Å². The van der Waals surface area contributed by atoms with Gasteiger partial charge in [0.1, 0.15) is 10.8 Å². The Balaban J connectivity index is 3.07. The Labute approximate surface area is 120 Å². The number of hydrogen-bond donors (Lipinski definition) is 1. The Bertz CT molecular complexity index is 430. The molecule has 0 unspecified atom stereocenters. The topological polar surface area (TPSA) is 29.3 Å². The van der Waals surface area contributed by atoms with Gasteiger partial charge in [0.05, 0.1) is 0 Å². The van der Waals surface area contributed by atoms with Gasteiger partial charge < -0.3 is 10.6 Å². The van der Waals surface area contributed by atoms with Crippen molar-refractivity contribution < 1.29 is 4.39 Å². The average molecular weight is 282 g/mol. The van der Waals surface area contributed by atoms with Crippen LogP contribution >= 0.6 is 12.2 Å². The van der Waals surface area contributed by atoms with Crippen LogP contribution in [0.4, 0.5) is 10.1 Å². The van der Waals surface area contributed by atoms with Crippen molar-refractivity contribution in [3.8, 4) is 0 Å². The molecule has 0 atom stereocenters. The van der Waals surface area contributed by atoms with Gasteiger partial charge >= 0.3 is 0 Å². The summed E-state index contributed by atoms with van der Waals surface area (Å²) < 4.78 is 13.3.